The molecule has 0 fully saturated rings. The number of nitrogens with two attached hydrogens (primary N) is 1. The topological polar surface area (TPSA) is 65.5 Å². The minimum atomic E-state index is -0.836. The largest absolute Gasteiger partial charge is 0.464 e. The molecule has 0 radical (unpaired) electrons. The summed E-state index contributed by atoms with van der Waals surface area (Å²) in [6, 6.07) is 1.55. The number of hydrogen-bond acceptors (Lipinski definition) is 3. The standard InChI is InChI=1S/C6H6ClNO3/c7-4-1-5(10-2-4)3-11-6(8)9/h1-2H,3H2,(H2,8,9). The molecule has 0 bridgehead atoms. The van der Waals surface area contributed by atoms with E-state index in [1.807, 2.05) is 0 Å². The maximum absolute atomic E-state index is 10.1. The molecule has 5 heteroatoms. The van der Waals surface area contributed by atoms with Crippen LogP contribution in [0.2, 0.25) is 5.02 Å². The van der Waals surface area contributed by atoms with Crippen LogP contribution in [0.1, 0.15) is 5.76 Å². The molecule has 0 atom stereocenters. The van der Waals surface area contributed by atoms with Gasteiger partial charge in [-0.1, -0.05) is 11.6 Å². The summed E-state index contributed by atoms with van der Waals surface area (Å²) < 4.78 is 9.28. The van der Waals surface area contributed by atoms with Gasteiger partial charge >= 0.3 is 6.09 Å². The Morgan fingerprint density at radius 1 is 1.82 bits per heavy atom. The molecule has 1 rings (SSSR count). The fraction of sp³-hybridized carbons (Fsp3) is 0.167. The SMILES string of the molecule is NC(=O)OCc1cc(Cl)co1. The number of amides is 1. The Bertz CT molecular complexity index is 258. The quantitative estimate of drug-likeness (QED) is 0.741. The lowest BCUT2D eigenvalue weighted by Crippen LogP contribution is -2.12. The molecule has 0 spiro atoms. The number of furan rings is 1. The van der Waals surface area contributed by atoms with Gasteiger partial charge in [0.05, 0.1) is 5.02 Å². The third-order valence-corrected chi connectivity index (χ3v) is 1.18. The number of hydrogen-bond donors (Lipinski definition) is 1. The molecule has 1 aromatic heterocycles. The van der Waals surface area contributed by atoms with Gasteiger partial charge in [0.15, 0.2) is 6.61 Å². The zero-order valence-electron chi connectivity index (χ0n) is 5.54. The van der Waals surface area contributed by atoms with Crippen molar-refractivity contribution >= 4 is 17.7 Å². The highest BCUT2D eigenvalue weighted by Gasteiger charge is 2.01. The highest BCUT2D eigenvalue weighted by Crippen LogP contribution is 2.13. The van der Waals surface area contributed by atoms with E-state index >= 15 is 0 Å². The van der Waals surface area contributed by atoms with E-state index in [0.717, 1.165) is 0 Å². The molecule has 0 saturated heterocycles. The van der Waals surface area contributed by atoms with Crippen molar-refractivity contribution in [3.63, 3.8) is 0 Å². The van der Waals surface area contributed by atoms with Gasteiger partial charge in [0.25, 0.3) is 0 Å². The van der Waals surface area contributed by atoms with Crippen LogP contribution in [-0.2, 0) is 11.3 Å². The van der Waals surface area contributed by atoms with Crippen molar-refractivity contribution in [3.05, 3.63) is 23.1 Å². The lowest BCUT2D eigenvalue weighted by molar-refractivity contribution is 0.141. The highest BCUT2D eigenvalue weighted by atomic mass is 35.5. The Labute approximate surface area is 67.9 Å². The summed E-state index contributed by atoms with van der Waals surface area (Å²) in [6.07, 6.45) is 0.513. The van der Waals surface area contributed by atoms with Gasteiger partial charge < -0.3 is 14.9 Å². The number of primary amides is 1. The summed E-state index contributed by atoms with van der Waals surface area (Å²) in [7, 11) is 0. The van der Waals surface area contributed by atoms with E-state index in [4.69, 9.17) is 21.8 Å². The average molecular weight is 176 g/mol. The molecule has 0 aliphatic rings. The molecule has 2 N–H and O–H groups in total. The van der Waals surface area contributed by atoms with E-state index in [0.29, 0.717) is 10.8 Å². The first-order valence-electron chi connectivity index (χ1n) is 2.83. The highest BCUT2D eigenvalue weighted by molar-refractivity contribution is 6.30. The fourth-order valence-corrected chi connectivity index (χ4v) is 0.738. The maximum Gasteiger partial charge on any atom is 0.404 e. The summed E-state index contributed by atoms with van der Waals surface area (Å²) in [5.74, 6) is 0.466. The number of carbonyl (C=O) groups excluding carboxylic acids is 1. The third kappa shape index (κ3) is 2.51. The molecular formula is C6H6ClNO3. The van der Waals surface area contributed by atoms with E-state index in [1.54, 1.807) is 6.07 Å². The Morgan fingerprint density at radius 2 is 2.55 bits per heavy atom. The molecule has 0 aliphatic carbocycles. The van der Waals surface area contributed by atoms with Gasteiger partial charge in [-0.2, -0.15) is 0 Å². The first-order valence-corrected chi connectivity index (χ1v) is 3.21. The number of carbonyl (C=O) groups is 1. The molecule has 0 saturated carbocycles. The smallest absolute Gasteiger partial charge is 0.404 e. The second-order valence-corrected chi connectivity index (χ2v) is 2.28. The van der Waals surface area contributed by atoms with E-state index in [-0.39, 0.29) is 6.61 Å². The molecule has 11 heavy (non-hydrogen) atoms. The van der Waals surface area contributed by atoms with Crippen molar-refractivity contribution < 1.29 is 13.9 Å². The molecule has 0 aromatic carbocycles. The van der Waals surface area contributed by atoms with Gasteiger partial charge in [-0.05, 0) is 0 Å². The predicted octanol–water partition coefficient (Wildman–Crippen LogP) is 1.53. The number of halogens is 1. The van der Waals surface area contributed by atoms with Crippen molar-refractivity contribution in [2.45, 2.75) is 6.61 Å². The van der Waals surface area contributed by atoms with Crippen molar-refractivity contribution in [2.24, 2.45) is 5.73 Å². The lowest BCUT2D eigenvalue weighted by Gasteiger charge is -1.95. The zero-order valence-corrected chi connectivity index (χ0v) is 6.30. The zero-order chi connectivity index (χ0) is 8.27. The molecule has 0 aliphatic heterocycles. The van der Waals surface area contributed by atoms with E-state index in [2.05, 4.69) is 4.74 Å². The third-order valence-electron chi connectivity index (χ3n) is 0.978. The van der Waals surface area contributed by atoms with E-state index in [1.165, 1.54) is 6.26 Å². The average Bonchev–Trinajstić information content (AvgIpc) is 2.31. The Hall–Kier alpha value is -1.16. The van der Waals surface area contributed by atoms with Crippen LogP contribution >= 0.6 is 11.6 Å². The summed E-state index contributed by atoms with van der Waals surface area (Å²) >= 11 is 5.51. The summed E-state index contributed by atoms with van der Waals surface area (Å²) in [5, 5.41) is 0.466. The number of rotatable bonds is 2. The first-order chi connectivity index (χ1) is 5.18. The molecule has 1 heterocycles. The Balaban J connectivity index is 2.45. The van der Waals surface area contributed by atoms with Crippen molar-refractivity contribution in [1.82, 2.24) is 0 Å². The summed E-state index contributed by atoms with van der Waals surface area (Å²) in [6.45, 7) is 0.0159. The minimum Gasteiger partial charge on any atom is -0.464 e. The van der Waals surface area contributed by atoms with Gasteiger partial charge in [-0.3, -0.25) is 0 Å². The van der Waals surface area contributed by atoms with Gasteiger partial charge in [-0.25, -0.2) is 4.79 Å². The van der Waals surface area contributed by atoms with E-state index in [9.17, 15) is 4.79 Å². The Kier molecular flexibility index (Phi) is 2.38. The van der Waals surface area contributed by atoms with Crippen molar-refractivity contribution in [2.75, 3.05) is 0 Å². The fourth-order valence-electron chi connectivity index (χ4n) is 0.572. The predicted molar refractivity (Wildman–Crippen MR) is 38.1 cm³/mol. The minimum absolute atomic E-state index is 0.0159. The van der Waals surface area contributed by atoms with Crippen LogP contribution in [0, 0.1) is 0 Å². The molecule has 60 valence electrons. The monoisotopic (exact) mass is 175 g/mol. The molecular weight excluding hydrogens is 170 g/mol. The second kappa shape index (κ2) is 3.30. The van der Waals surface area contributed by atoms with Crippen LogP contribution in [0.15, 0.2) is 16.7 Å². The van der Waals surface area contributed by atoms with Crippen LogP contribution in [0.25, 0.3) is 0 Å². The van der Waals surface area contributed by atoms with Crippen LogP contribution in [0.5, 0.6) is 0 Å². The molecule has 1 amide bonds. The molecule has 0 unspecified atom stereocenters. The van der Waals surface area contributed by atoms with Crippen LogP contribution in [-0.4, -0.2) is 6.09 Å². The Morgan fingerprint density at radius 3 is 3.00 bits per heavy atom. The summed E-state index contributed by atoms with van der Waals surface area (Å²) in [5.41, 5.74) is 4.71. The normalized spacial score (nSPS) is 9.55. The van der Waals surface area contributed by atoms with Crippen molar-refractivity contribution in [1.29, 1.82) is 0 Å². The first kappa shape index (κ1) is 7.94. The van der Waals surface area contributed by atoms with Gasteiger partial charge in [0, 0.05) is 6.07 Å². The van der Waals surface area contributed by atoms with Gasteiger partial charge in [0.1, 0.15) is 12.0 Å². The van der Waals surface area contributed by atoms with Gasteiger partial charge in [-0.15, -0.1) is 0 Å². The second-order valence-electron chi connectivity index (χ2n) is 1.84. The van der Waals surface area contributed by atoms with Gasteiger partial charge in [0.2, 0.25) is 0 Å². The maximum atomic E-state index is 10.1. The molecule has 4 nitrogen and oxygen atoms in total. The lowest BCUT2D eigenvalue weighted by atomic mass is 10.5. The van der Waals surface area contributed by atoms with Crippen LogP contribution < -0.4 is 5.73 Å². The van der Waals surface area contributed by atoms with E-state index < -0.39 is 6.09 Å². The summed E-state index contributed by atoms with van der Waals surface area (Å²) in [4.78, 5) is 10.1. The molecule has 1 aromatic rings. The van der Waals surface area contributed by atoms with Crippen molar-refractivity contribution in [3.8, 4) is 0 Å². The number of ether oxygens (including phenoxy) is 1. The van der Waals surface area contributed by atoms with Crippen LogP contribution in [0.3, 0.4) is 0 Å². The van der Waals surface area contributed by atoms with Crippen LogP contribution in [0.4, 0.5) is 4.79 Å².